The zero-order valence-corrected chi connectivity index (χ0v) is 17.0. The van der Waals surface area contributed by atoms with E-state index in [9.17, 15) is 9.59 Å². The molecule has 0 aliphatic rings. The summed E-state index contributed by atoms with van der Waals surface area (Å²) >= 11 is 0. The molecule has 16 heteroatoms. The molecule has 4 heterocycles. The lowest BCUT2D eigenvalue weighted by molar-refractivity contribution is 0.353. The second-order valence-electron chi connectivity index (χ2n) is 7.24. The summed E-state index contributed by atoms with van der Waals surface area (Å²) in [5.74, 6) is 0. The quantitative estimate of drug-likeness (QED) is 0.278. The summed E-state index contributed by atoms with van der Waals surface area (Å²) in [5, 5.41) is 39.6. The molecular weight excluding hydrogens is 420 g/mol. The van der Waals surface area contributed by atoms with Crippen LogP contribution < -0.4 is 11.1 Å². The van der Waals surface area contributed by atoms with Gasteiger partial charge in [0.2, 0.25) is 0 Å². The van der Waals surface area contributed by atoms with Crippen LogP contribution in [0.4, 0.5) is 0 Å². The van der Waals surface area contributed by atoms with Gasteiger partial charge in [-0.1, -0.05) is 10.4 Å². The molecule has 0 aliphatic heterocycles. The summed E-state index contributed by atoms with van der Waals surface area (Å²) in [5.41, 5.74) is -0.179. The van der Waals surface area contributed by atoms with E-state index in [0.29, 0.717) is 0 Å². The number of nitrogens with zero attached hydrogens (tertiary/aromatic N) is 14. The number of rotatable bonds is 6. The van der Waals surface area contributed by atoms with Crippen LogP contribution in [0.15, 0.2) is 34.4 Å². The van der Waals surface area contributed by atoms with Crippen LogP contribution in [0.1, 0.15) is 25.9 Å². The van der Waals surface area contributed by atoms with E-state index in [2.05, 4.69) is 51.4 Å². The van der Waals surface area contributed by atoms with Crippen LogP contribution in [0.3, 0.4) is 0 Å². The molecule has 5 aromatic rings. The lowest BCUT2D eigenvalue weighted by Gasteiger charge is -2.13. The maximum absolute atomic E-state index is 13.0. The lowest BCUT2D eigenvalue weighted by atomic mass is 10.1. The first-order valence-electron chi connectivity index (χ1n) is 9.61. The molecule has 32 heavy (non-hydrogen) atoms. The molecule has 0 saturated carbocycles. The molecule has 4 aromatic heterocycles. The van der Waals surface area contributed by atoms with Crippen molar-refractivity contribution in [3.63, 3.8) is 0 Å². The normalized spacial score (nSPS) is 13.6. The zero-order chi connectivity index (χ0) is 22.2. The minimum atomic E-state index is -0.380. The van der Waals surface area contributed by atoms with Gasteiger partial charge in [-0.15, -0.1) is 30.6 Å². The predicted molar refractivity (Wildman–Crippen MR) is 106 cm³/mol. The van der Waals surface area contributed by atoms with E-state index >= 15 is 0 Å². The van der Waals surface area contributed by atoms with Gasteiger partial charge in [-0.3, -0.25) is 9.59 Å². The Balaban J connectivity index is 1.54. The monoisotopic (exact) mass is 436 g/mol. The van der Waals surface area contributed by atoms with Gasteiger partial charge in [0, 0.05) is 0 Å². The Bertz CT molecular complexity index is 1390. The summed E-state index contributed by atoms with van der Waals surface area (Å²) in [6.45, 7) is 4.15. The van der Waals surface area contributed by atoms with Gasteiger partial charge >= 0.3 is 0 Å². The highest BCUT2D eigenvalue weighted by Crippen LogP contribution is 2.15. The maximum Gasteiger partial charge on any atom is 0.277 e. The first-order valence-corrected chi connectivity index (χ1v) is 9.61. The smallest absolute Gasteiger partial charge is 0.267 e. The number of benzene rings is 1. The standard InChI is InChI=1S/C16H16N14O2/c1-9(5-27-19-7-17-23-27)29-15(31)11-3-14-12(4-13(11)21-25-29)16(32)30(26-22-14)10(2)6-28-20-8-18-24-28/h3-4,7-10H,5-6H2,1-2H3/t9-,10+. The molecule has 0 amide bonds. The van der Waals surface area contributed by atoms with E-state index in [-0.39, 0.29) is 58.1 Å². The Morgan fingerprint density at radius 3 is 1.53 bits per heavy atom. The van der Waals surface area contributed by atoms with Crippen LogP contribution in [0, 0.1) is 0 Å². The van der Waals surface area contributed by atoms with E-state index in [4.69, 9.17) is 0 Å². The molecule has 0 aliphatic carbocycles. The van der Waals surface area contributed by atoms with Crippen molar-refractivity contribution < 1.29 is 0 Å². The zero-order valence-electron chi connectivity index (χ0n) is 17.0. The highest BCUT2D eigenvalue weighted by molar-refractivity contribution is 5.93. The predicted octanol–water partition coefficient (Wildman–Crippen LogP) is -1.61. The fraction of sp³-hybridized carbons (Fsp3) is 0.375. The van der Waals surface area contributed by atoms with Crippen LogP contribution in [-0.2, 0) is 13.1 Å². The molecule has 0 saturated heterocycles. The SMILES string of the molecule is C[C@H](Cn1ncnn1)n1nnc2cc3c(=O)n([C@@H](C)Cn4ncnn4)nnc3cc2c1=O. The highest BCUT2D eigenvalue weighted by atomic mass is 16.1. The summed E-state index contributed by atoms with van der Waals surface area (Å²) in [6.07, 6.45) is 2.62. The highest BCUT2D eigenvalue weighted by Gasteiger charge is 2.18. The summed E-state index contributed by atoms with van der Waals surface area (Å²) in [4.78, 5) is 28.8. The molecule has 0 radical (unpaired) electrons. The van der Waals surface area contributed by atoms with Crippen molar-refractivity contribution in [2.45, 2.75) is 39.0 Å². The lowest BCUT2D eigenvalue weighted by Crippen LogP contribution is -2.31. The van der Waals surface area contributed by atoms with Crippen LogP contribution >= 0.6 is 0 Å². The molecule has 0 N–H and O–H groups in total. The van der Waals surface area contributed by atoms with Gasteiger partial charge in [0.25, 0.3) is 11.1 Å². The number of hydrogen-bond donors (Lipinski definition) is 0. The molecule has 1 aromatic carbocycles. The number of aromatic nitrogens is 14. The largest absolute Gasteiger partial charge is 0.277 e. The Morgan fingerprint density at radius 1 is 0.719 bits per heavy atom. The van der Waals surface area contributed by atoms with Gasteiger partial charge in [-0.2, -0.15) is 9.59 Å². The van der Waals surface area contributed by atoms with Crippen LogP contribution in [0.2, 0.25) is 0 Å². The maximum atomic E-state index is 13.0. The summed E-state index contributed by atoms with van der Waals surface area (Å²) in [6, 6.07) is 2.24. The van der Waals surface area contributed by atoms with Crippen molar-refractivity contribution in [2.75, 3.05) is 0 Å². The molecule has 0 bridgehead atoms. The molecule has 0 spiro atoms. The Morgan fingerprint density at radius 2 is 1.16 bits per heavy atom. The first-order chi connectivity index (χ1) is 15.5. The third-order valence-electron chi connectivity index (χ3n) is 4.96. The van der Waals surface area contributed by atoms with Crippen molar-refractivity contribution in [1.82, 2.24) is 70.4 Å². The molecular formula is C16H16N14O2. The second kappa shape index (κ2) is 7.64. The van der Waals surface area contributed by atoms with E-state index in [1.807, 2.05) is 0 Å². The number of fused-ring (bicyclic) bond motifs is 2. The Hall–Kier alpha value is -4.50. The third-order valence-corrected chi connectivity index (χ3v) is 4.96. The van der Waals surface area contributed by atoms with E-state index in [1.54, 1.807) is 13.8 Å². The average Bonchev–Trinajstić information content (AvgIpc) is 3.48. The van der Waals surface area contributed by atoms with Crippen molar-refractivity contribution in [1.29, 1.82) is 0 Å². The van der Waals surface area contributed by atoms with Crippen LogP contribution in [-0.4, -0.2) is 70.4 Å². The third kappa shape index (κ3) is 3.36. The van der Waals surface area contributed by atoms with Crippen molar-refractivity contribution in [3.8, 4) is 0 Å². The number of tetrazole rings is 2. The summed E-state index contributed by atoms with van der Waals surface area (Å²) < 4.78 is 2.47. The van der Waals surface area contributed by atoms with Gasteiger partial charge in [0.05, 0.1) is 35.9 Å². The second-order valence-corrected chi connectivity index (χ2v) is 7.24. The topological polar surface area (TPSA) is 183 Å². The summed E-state index contributed by atoms with van der Waals surface area (Å²) in [7, 11) is 0. The molecule has 162 valence electrons. The fourth-order valence-electron chi connectivity index (χ4n) is 3.35. The van der Waals surface area contributed by atoms with E-state index in [1.165, 1.54) is 43.7 Å². The molecule has 5 rings (SSSR count). The molecule has 2 atom stereocenters. The van der Waals surface area contributed by atoms with Gasteiger partial charge in [-0.25, -0.2) is 9.36 Å². The van der Waals surface area contributed by atoms with Gasteiger partial charge in [-0.05, 0) is 36.4 Å². The minimum absolute atomic E-state index is 0.275. The minimum Gasteiger partial charge on any atom is -0.267 e. The first kappa shape index (κ1) is 19.5. The van der Waals surface area contributed by atoms with Crippen molar-refractivity contribution >= 4 is 21.8 Å². The van der Waals surface area contributed by atoms with E-state index < -0.39 is 0 Å². The molecule has 0 unspecified atom stereocenters. The Labute approximate surface area is 177 Å². The Kier molecular flexibility index (Phi) is 4.65. The number of hydrogen-bond acceptors (Lipinski definition) is 12. The average molecular weight is 436 g/mol. The fourth-order valence-corrected chi connectivity index (χ4v) is 3.35. The molecule has 16 nitrogen and oxygen atoms in total. The van der Waals surface area contributed by atoms with Crippen molar-refractivity contribution in [2.24, 2.45) is 0 Å². The van der Waals surface area contributed by atoms with Crippen molar-refractivity contribution in [3.05, 3.63) is 45.5 Å². The van der Waals surface area contributed by atoms with Crippen LogP contribution in [0.25, 0.3) is 21.8 Å². The molecule has 0 fully saturated rings. The van der Waals surface area contributed by atoms with Gasteiger partial charge in [0.15, 0.2) is 12.7 Å². The van der Waals surface area contributed by atoms with Gasteiger partial charge in [0.1, 0.15) is 11.0 Å². The van der Waals surface area contributed by atoms with Crippen LogP contribution in [0.5, 0.6) is 0 Å². The van der Waals surface area contributed by atoms with E-state index in [0.717, 1.165) is 0 Å². The van der Waals surface area contributed by atoms with Gasteiger partial charge < -0.3 is 0 Å².